The predicted octanol–water partition coefficient (Wildman–Crippen LogP) is 2.04. The molecule has 1 aliphatic rings. The summed E-state index contributed by atoms with van der Waals surface area (Å²) in [4.78, 5) is 4.88. The Morgan fingerprint density at radius 2 is 2.23 bits per heavy atom. The van der Waals surface area contributed by atoms with Gasteiger partial charge in [0.15, 0.2) is 0 Å². The van der Waals surface area contributed by atoms with Crippen LogP contribution in [0.5, 0.6) is 0 Å². The average molecular weight is 329 g/mol. The Morgan fingerprint density at radius 1 is 1.45 bits per heavy atom. The zero-order chi connectivity index (χ0) is 16.1. The maximum absolute atomic E-state index is 6.39. The minimum atomic E-state index is 0.738. The molecule has 6 heteroatoms. The highest BCUT2D eigenvalue weighted by molar-refractivity contribution is 6.30. The maximum atomic E-state index is 6.39. The highest BCUT2D eigenvalue weighted by Gasteiger charge is 2.24. The molecule has 1 fully saturated rings. The number of likely N-dealkylation sites (tertiary alicyclic amines) is 1. The zero-order valence-corrected chi connectivity index (χ0v) is 15.1. The molecular weight excluding hydrogens is 300 g/mol. The van der Waals surface area contributed by atoms with Crippen LogP contribution in [0.1, 0.15) is 24.6 Å². The summed E-state index contributed by atoms with van der Waals surface area (Å²) in [6, 6.07) is 0. The molecule has 0 radical (unpaired) electrons. The van der Waals surface area contributed by atoms with E-state index >= 15 is 0 Å². The lowest BCUT2D eigenvalue weighted by Crippen LogP contribution is -2.29. The molecule has 0 spiro atoms. The second-order valence-corrected chi connectivity index (χ2v) is 6.70. The van der Waals surface area contributed by atoms with E-state index in [0.29, 0.717) is 0 Å². The van der Waals surface area contributed by atoms with E-state index in [1.165, 1.54) is 25.1 Å². The largest absolute Gasteiger partial charge is 0.383 e. The van der Waals surface area contributed by atoms with Crippen molar-refractivity contribution in [2.24, 2.45) is 13.0 Å². The summed E-state index contributed by atoms with van der Waals surface area (Å²) < 4.78 is 6.95. The summed E-state index contributed by atoms with van der Waals surface area (Å²) in [7, 11) is 5.86. The summed E-state index contributed by atoms with van der Waals surface area (Å²) in [5, 5.41) is 5.27. The van der Waals surface area contributed by atoms with Gasteiger partial charge < -0.3 is 14.5 Å². The van der Waals surface area contributed by atoms with Gasteiger partial charge in [-0.1, -0.05) is 18.5 Å². The zero-order valence-electron chi connectivity index (χ0n) is 14.3. The molecule has 0 amide bonds. The van der Waals surface area contributed by atoms with Crippen LogP contribution in [-0.4, -0.2) is 66.5 Å². The van der Waals surface area contributed by atoms with Crippen molar-refractivity contribution < 1.29 is 4.74 Å². The molecular formula is C16H29ClN4O. The summed E-state index contributed by atoms with van der Waals surface area (Å²) >= 11 is 6.39. The van der Waals surface area contributed by atoms with Crippen LogP contribution in [0.25, 0.3) is 0 Å². The van der Waals surface area contributed by atoms with E-state index in [1.807, 2.05) is 7.05 Å². The molecule has 1 unspecified atom stereocenters. The topological polar surface area (TPSA) is 33.5 Å². The first kappa shape index (κ1) is 17.7. The first-order valence-corrected chi connectivity index (χ1v) is 8.53. The minimum Gasteiger partial charge on any atom is -0.383 e. The van der Waals surface area contributed by atoms with Crippen LogP contribution >= 0.6 is 11.6 Å². The summed E-state index contributed by atoms with van der Waals surface area (Å²) in [6.07, 6.45) is 2.20. The van der Waals surface area contributed by atoms with Gasteiger partial charge in [-0.3, -0.25) is 4.68 Å². The van der Waals surface area contributed by atoms with Crippen molar-refractivity contribution in [3.63, 3.8) is 0 Å². The lowest BCUT2D eigenvalue weighted by Gasteiger charge is -2.21. The van der Waals surface area contributed by atoms with Gasteiger partial charge in [-0.2, -0.15) is 5.10 Å². The van der Waals surface area contributed by atoms with Crippen LogP contribution in [0.15, 0.2) is 0 Å². The van der Waals surface area contributed by atoms with Gasteiger partial charge in [0.2, 0.25) is 0 Å². The predicted molar refractivity (Wildman–Crippen MR) is 90.4 cm³/mol. The Hall–Kier alpha value is -0.620. The number of aromatic nitrogens is 2. The third-order valence-corrected chi connectivity index (χ3v) is 4.94. The van der Waals surface area contributed by atoms with Crippen LogP contribution < -0.4 is 0 Å². The molecule has 0 aliphatic carbocycles. The van der Waals surface area contributed by atoms with Crippen molar-refractivity contribution in [1.82, 2.24) is 19.6 Å². The molecule has 2 rings (SSSR count). The van der Waals surface area contributed by atoms with Gasteiger partial charge >= 0.3 is 0 Å². The van der Waals surface area contributed by atoms with Gasteiger partial charge in [-0.05, 0) is 32.4 Å². The maximum Gasteiger partial charge on any atom is 0.131 e. The van der Waals surface area contributed by atoms with Crippen molar-refractivity contribution in [2.45, 2.75) is 26.3 Å². The number of halogens is 1. The van der Waals surface area contributed by atoms with E-state index in [4.69, 9.17) is 16.3 Å². The molecule has 1 aromatic rings. The number of methoxy groups -OCH3 is 1. The lowest BCUT2D eigenvalue weighted by molar-refractivity contribution is 0.157. The molecule has 1 atom stereocenters. The molecule has 22 heavy (non-hydrogen) atoms. The van der Waals surface area contributed by atoms with E-state index < -0.39 is 0 Å². The molecule has 126 valence electrons. The number of rotatable bonds is 8. The molecule has 0 bridgehead atoms. The molecule has 1 saturated heterocycles. The van der Waals surface area contributed by atoms with Gasteiger partial charge in [0.05, 0.1) is 12.3 Å². The number of ether oxygens (including phenoxy) is 1. The van der Waals surface area contributed by atoms with E-state index in [1.54, 1.807) is 11.8 Å². The molecule has 2 heterocycles. The van der Waals surface area contributed by atoms with E-state index in [2.05, 4.69) is 28.9 Å². The molecule has 0 aromatic carbocycles. The summed E-state index contributed by atoms with van der Waals surface area (Å²) in [5.74, 6) is 0.738. The standard InChI is InChI=1S/C16H29ClN4O/c1-5-15-14(16(17)20(3)18-15)12-19(2)10-13-6-7-21(11-13)8-9-22-4/h13H,5-12H2,1-4H3. The molecule has 1 aliphatic heterocycles. The van der Waals surface area contributed by atoms with E-state index in [-0.39, 0.29) is 0 Å². The molecule has 1 aromatic heterocycles. The number of aryl methyl sites for hydroxylation is 2. The second-order valence-electron chi connectivity index (χ2n) is 6.34. The fourth-order valence-electron chi connectivity index (χ4n) is 3.30. The van der Waals surface area contributed by atoms with Gasteiger partial charge in [-0.25, -0.2) is 0 Å². The molecule has 0 saturated carbocycles. The van der Waals surface area contributed by atoms with Crippen LogP contribution in [-0.2, 0) is 24.8 Å². The number of hydrogen-bond acceptors (Lipinski definition) is 4. The van der Waals surface area contributed by atoms with Gasteiger partial charge in [-0.15, -0.1) is 0 Å². The first-order chi connectivity index (χ1) is 10.5. The Labute approximate surface area is 139 Å². The Morgan fingerprint density at radius 3 is 2.91 bits per heavy atom. The van der Waals surface area contributed by atoms with Crippen LogP contribution in [0.2, 0.25) is 5.15 Å². The van der Waals surface area contributed by atoms with E-state index in [0.717, 1.165) is 49.4 Å². The highest BCUT2D eigenvalue weighted by Crippen LogP contribution is 2.23. The van der Waals surface area contributed by atoms with Crippen molar-refractivity contribution in [3.05, 3.63) is 16.4 Å². The van der Waals surface area contributed by atoms with E-state index in [9.17, 15) is 0 Å². The lowest BCUT2D eigenvalue weighted by atomic mass is 10.1. The first-order valence-electron chi connectivity index (χ1n) is 8.15. The second kappa shape index (κ2) is 8.29. The van der Waals surface area contributed by atoms with Crippen LogP contribution in [0.3, 0.4) is 0 Å². The fourth-order valence-corrected chi connectivity index (χ4v) is 3.51. The Bertz CT molecular complexity index is 477. The van der Waals surface area contributed by atoms with Gasteiger partial charge in [0.1, 0.15) is 5.15 Å². The average Bonchev–Trinajstić information content (AvgIpc) is 3.04. The fraction of sp³-hybridized carbons (Fsp3) is 0.812. The third-order valence-electron chi connectivity index (χ3n) is 4.47. The van der Waals surface area contributed by atoms with Crippen molar-refractivity contribution in [1.29, 1.82) is 0 Å². The van der Waals surface area contributed by atoms with Gasteiger partial charge in [0, 0.05) is 45.9 Å². The smallest absolute Gasteiger partial charge is 0.131 e. The number of hydrogen-bond donors (Lipinski definition) is 0. The quantitative estimate of drug-likeness (QED) is 0.731. The summed E-state index contributed by atoms with van der Waals surface area (Å²) in [6.45, 7) is 8.36. The van der Waals surface area contributed by atoms with Crippen molar-refractivity contribution in [3.8, 4) is 0 Å². The van der Waals surface area contributed by atoms with Crippen LogP contribution in [0, 0.1) is 5.92 Å². The van der Waals surface area contributed by atoms with Crippen molar-refractivity contribution in [2.75, 3.05) is 46.9 Å². The van der Waals surface area contributed by atoms with Crippen LogP contribution in [0.4, 0.5) is 0 Å². The summed E-state index contributed by atoms with van der Waals surface area (Å²) in [5.41, 5.74) is 2.30. The highest BCUT2D eigenvalue weighted by atomic mass is 35.5. The normalized spacial score (nSPS) is 19.5. The Balaban J connectivity index is 1.85. The number of nitrogens with zero attached hydrogens (tertiary/aromatic N) is 4. The minimum absolute atomic E-state index is 0.738. The molecule has 5 nitrogen and oxygen atoms in total. The van der Waals surface area contributed by atoms with Gasteiger partial charge in [0.25, 0.3) is 0 Å². The SMILES string of the molecule is CCc1nn(C)c(Cl)c1CN(C)CC1CCN(CCOC)C1. The Kier molecular flexibility index (Phi) is 6.68. The monoisotopic (exact) mass is 328 g/mol. The molecule has 0 N–H and O–H groups in total. The van der Waals surface area contributed by atoms with Crippen molar-refractivity contribution >= 4 is 11.6 Å². The third kappa shape index (κ3) is 4.44.